The second-order valence-corrected chi connectivity index (χ2v) is 5.12. The Hall–Kier alpha value is -2.42. The molecule has 0 aliphatic heterocycles. The molecule has 0 rings (SSSR count). The zero-order chi connectivity index (χ0) is 17.7. The van der Waals surface area contributed by atoms with Crippen LogP contribution < -0.4 is 5.32 Å². The molecule has 3 heteroatoms. The Kier molecular flexibility index (Phi) is 10.9. The van der Waals surface area contributed by atoms with Crippen molar-refractivity contribution in [2.24, 2.45) is 15.9 Å². The van der Waals surface area contributed by atoms with Crippen molar-refractivity contribution >= 4 is 12.6 Å². The molecule has 0 heterocycles. The summed E-state index contributed by atoms with van der Waals surface area (Å²) in [6.45, 7) is 19.7. The molecule has 23 heavy (non-hydrogen) atoms. The molecular formula is C20H29N3. The predicted molar refractivity (Wildman–Crippen MR) is 105 cm³/mol. The molecule has 0 amide bonds. The number of nitrogens with zero attached hydrogens (tertiary/aromatic N) is 2. The molecule has 0 spiro atoms. The van der Waals surface area contributed by atoms with E-state index in [1.54, 1.807) is 6.08 Å². The van der Waals surface area contributed by atoms with Gasteiger partial charge in [0.15, 0.2) is 0 Å². The van der Waals surface area contributed by atoms with Crippen molar-refractivity contribution in [3.05, 3.63) is 72.7 Å². The van der Waals surface area contributed by atoms with Crippen LogP contribution in [0.5, 0.6) is 0 Å². The van der Waals surface area contributed by atoms with Gasteiger partial charge in [0.1, 0.15) is 5.84 Å². The molecule has 0 aromatic rings. The van der Waals surface area contributed by atoms with Crippen molar-refractivity contribution in [1.82, 2.24) is 5.32 Å². The first-order valence-corrected chi connectivity index (χ1v) is 7.70. The van der Waals surface area contributed by atoms with Crippen LogP contribution in [0.2, 0.25) is 0 Å². The van der Waals surface area contributed by atoms with Crippen LogP contribution in [-0.4, -0.2) is 19.1 Å². The fourth-order valence-corrected chi connectivity index (χ4v) is 1.79. The Morgan fingerprint density at radius 2 is 1.91 bits per heavy atom. The SMILES string of the molecule is C=CC(/N=C(\C)NC(/C=C\CN=C)=C/C(C)C=C)=C(C)\C=C/C. The molecule has 124 valence electrons. The summed E-state index contributed by atoms with van der Waals surface area (Å²) < 4.78 is 0. The summed E-state index contributed by atoms with van der Waals surface area (Å²) in [5.74, 6) is 1.05. The Morgan fingerprint density at radius 1 is 1.22 bits per heavy atom. The van der Waals surface area contributed by atoms with Gasteiger partial charge in [-0.2, -0.15) is 0 Å². The van der Waals surface area contributed by atoms with Crippen LogP contribution >= 0.6 is 0 Å². The fraction of sp³-hybridized carbons (Fsp3) is 0.300. The van der Waals surface area contributed by atoms with E-state index in [1.807, 2.05) is 51.2 Å². The van der Waals surface area contributed by atoms with Gasteiger partial charge in [0.2, 0.25) is 0 Å². The molecule has 0 aliphatic rings. The molecule has 0 aromatic carbocycles. The predicted octanol–water partition coefficient (Wildman–Crippen LogP) is 4.99. The molecule has 0 saturated heterocycles. The van der Waals surface area contributed by atoms with E-state index in [-0.39, 0.29) is 5.92 Å². The second kappa shape index (κ2) is 12.2. The lowest BCUT2D eigenvalue weighted by atomic mass is 10.1. The van der Waals surface area contributed by atoms with Crippen LogP contribution in [0.4, 0.5) is 0 Å². The zero-order valence-electron chi connectivity index (χ0n) is 14.8. The first-order chi connectivity index (χ1) is 11.0. The minimum atomic E-state index is 0.255. The maximum atomic E-state index is 4.59. The summed E-state index contributed by atoms with van der Waals surface area (Å²) in [4.78, 5) is 8.42. The summed E-state index contributed by atoms with van der Waals surface area (Å²) in [6.07, 6.45) is 13.7. The summed E-state index contributed by atoms with van der Waals surface area (Å²) in [5.41, 5.74) is 2.87. The Bertz CT molecular complexity index is 557. The highest BCUT2D eigenvalue weighted by Crippen LogP contribution is 2.10. The molecule has 0 fully saturated rings. The molecular weight excluding hydrogens is 282 g/mol. The number of hydrogen-bond acceptors (Lipinski definition) is 2. The molecule has 0 bridgehead atoms. The molecule has 0 saturated carbocycles. The highest BCUT2D eigenvalue weighted by Gasteiger charge is 2.00. The van der Waals surface area contributed by atoms with E-state index in [0.717, 1.165) is 22.8 Å². The third-order valence-electron chi connectivity index (χ3n) is 2.97. The van der Waals surface area contributed by atoms with E-state index in [1.165, 1.54) is 0 Å². The van der Waals surface area contributed by atoms with E-state index in [9.17, 15) is 0 Å². The van der Waals surface area contributed by atoms with Crippen molar-refractivity contribution in [3.63, 3.8) is 0 Å². The molecule has 0 radical (unpaired) electrons. The second-order valence-electron chi connectivity index (χ2n) is 5.12. The third kappa shape index (κ3) is 9.25. The molecule has 0 aliphatic carbocycles. The van der Waals surface area contributed by atoms with Gasteiger partial charge < -0.3 is 5.32 Å². The van der Waals surface area contributed by atoms with Crippen LogP contribution in [-0.2, 0) is 0 Å². The van der Waals surface area contributed by atoms with Crippen LogP contribution in [0.25, 0.3) is 0 Å². The lowest BCUT2D eigenvalue weighted by molar-refractivity contribution is 0.918. The van der Waals surface area contributed by atoms with Crippen molar-refractivity contribution in [1.29, 1.82) is 0 Å². The van der Waals surface area contributed by atoms with E-state index in [0.29, 0.717) is 6.54 Å². The maximum Gasteiger partial charge on any atom is 0.103 e. The number of rotatable bonds is 9. The number of amidine groups is 1. The van der Waals surface area contributed by atoms with Gasteiger partial charge in [-0.15, -0.1) is 6.58 Å². The number of hydrogen-bond donors (Lipinski definition) is 1. The average Bonchev–Trinajstić information content (AvgIpc) is 2.52. The summed E-state index contributed by atoms with van der Waals surface area (Å²) in [5, 5.41) is 3.31. The standard InChI is InChI=1S/C20H29N3/c1-8-12-17(5)20(10-3)23-18(6)22-19(13-11-14-21-7)15-16(4)9-2/h8-13,15-16H,2-3,7,14H2,1,4-6H3,(H,22,23)/b12-8-,13-11-,19-15+,20-17+. The van der Waals surface area contributed by atoms with Gasteiger partial charge in [-0.1, -0.05) is 43.9 Å². The van der Waals surface area contributed by atoms with Gasteiger partial charge in [-0.25, -0.2) is 4.99 Å². The normalized spacial score (nSPS) is 15.5. The van der Waals surface area contributed by atoms with Crippen LogP contribution in [0.3, 0.4) is 0 Å². The van der Waals surface area contributed by atoms with Crippen LogP contribution in [0, 0.1) is 5.92 Å². The van der Waals surface area contributed by atoms with Crippen LogP contribution in [0.1, 0.15) is 27.7 Å². The van der Waals surface area contributed by atoms with Crippen molar-refractivity contribution in [3.8, 4) is 0 Å². The number of aliphatic imine (C=N–C) groups is 2. The Morgan fingerprint density at radius 3 is 2.43 bits per heavy atom. The summed E-state index contributed by atoms with van der Waals surface area (Å²) in [7, 11) is 0. The highest BCUT2D eigenvalue weighted by atomic mass is 15.0. The average molecular weight is 311 g/mol. The minimum Gasteiger partial charge on any atom is -0.344 e. The maximum absolute atomic E-state index is 4.59. The van der Waals surface area contributed by atoms with Crippen molar-refractivity contribution < 1.29 is 0 Å². The Labute approximate surface area is 141 Å². The lowest BCUT2D eigenvalue weighted by Gasteiger charge is -2.10. The topological polar surface area (TPSA) is 36.8 Å². The molecule has 1 N–H and O–H groups in total. The summed E-state index contributed by atoms with van der Waals surface area (Å²) in [6, 6.07) is 0. The molecule has 1 unspecified atom stereocenters. The lowest BCUT2D eigenvalue weighted by Crippen LogP contribution is -2.19. The van der Waals surface area contributed by atoms with Gasteiger partial charge in [-0.05, 0) is 51.1 Å². The smallest absolute Gasteiger partial charge is 0.103 e. The molecule has 1 atom stereocenters. The fourth-order valence-electron chi connectivity index (χ4n) is 1.79. The van der Waals surface area contributed by atoms with Gasteiger partial charge in [0, 0.05) is 5.70 Å². The third-order valence-corrected chi connectivity index (χ3v) is 2.97. The quantitative estimate of drug-likeness (QED) is 0.277. The van der Waals surface area contributed by atoms with E-state index < -0.39 is 0 Å². The largest absolute Gasteiger partial charge is 0.344 e. The van der Waals surface area contributed by atoms with Crippen LogP contribution in [0.15, 0.2) is 82.6 Å². The van der Waals surface area contributed by atoms with Gasteiger partial charge in [0.05, 0.1) is 12.2 Å². The zero-order valence-corrected chi connectivity index (χ0v) is 14.8. The van der Waals surface area contributed by atoms with Crippen molar-refractivity contribution in [2.75, 3.05) is 6.54 Å². The van der Waals surface area contributed by atoms with E-state index in [4.69, 9.17) is 0 Å². The summed E-state index contributed by atoms with van der Waals surface area (Å²) >= 11 is 0. The molecule has 3 nitrogen and oxygen atoms in total. The van der Waals surface area contributed by atoms with Gasteiger partial charge in [-0.3, -0.25) is 4.99 Å². The molecule has 0 aromatic heterocycles. The van der Waals surface area contributed by atoms with E-state index in [2.05, 4.69) is 48.2 Å². The van der Waals surface area contributed by atoms with Gasteiger partial charge in [0.25, 0.3) is 0 Å². The Balaban J connectivity index is 5.39. The van der Waals surface area contributed by atoms with Gasteiger partial charge >= 0.3 is 0 Å². The first-order valence-electron chi connectivity index (χ1n) is 7.70. The first kappa shape index (κ1) is 20.6. The minimum absolute atomic E-state index is 0.255. The number of allylic oxidation sites excluding steroid dienone is 7. The monoisotopic (exact) mass is 311 g/mol. The number of nitrogens with one attached hydrogen (secondary N) is 1. The van der Waals surface area contributed by atoms with Crippen molar-refractivity contribution in [2.45, 2.75) is 27.7 Å². The van der Waals surface area contributed by atoms with E-state index >= 15 is 0 Å². The highest BCUT2D eigenvalue weighted by molar-refractivity contribution is 5.83.